The number of para-hydroxylation sites is 1. The standard InChI is InChI=1S/C18H29N3O2/c1-4-23-17-8-6-5-7-16(17)14-20-9-11-21(12-10-20)18(22)19-13-15(2)3/h5-8,15H,4,9-14H2,1-3H3,(H,19,22). The minimum Gasteiger partial charge on any atom is -0.494 e. The molecule has 1 heterocycles. The van der Waals surface area contributed by atoms with Crippen molar-refractivity contribution in [3.05, 3.63) is 29.8 Å². The van der Waals surface area contributed by atoms with Crippen LogP contribution in [0.25, 0.3) is 0 Å². The summed E-state index contributed by atoms with van der Waals surface area (Å²) in [7, 11) is 0. The van der Waals surface area contributed by atoms with Gasteiger partial charge in [-0.2, -0.15) is 0 Å². The predicted octanol–water partition coefficient (Wildman–Crippen LogP) is 2.57. The number of nitrogens with zero attached hydrogens (tertiary/aromatic N) is 2. The van der Waals surface area contributed by atoms with Crippen LogP contribution >= 0.6 is 0 Å². The lowest BCUT2D eigenvalue weighted by molar-refractivity contribution is 0.134. The molecule has 1 aromatic carbocycles. The van der Waals surface area contributed by atoms with Crippen LogP contribution in [0, 0.1) is 5.92 Å². The lowest BCUT2D eigenvalue weighted by Gasteiger charge is -2.35. The van der Waals surface area contributed by atoms with Gasteiger partial charge in [-0.15, -0.1) is 0 Å². The fraction of sp³-hybridized carbons (Fsp3) is 0.611. The maximum atomic E-state index is 12.1. The molecule has 0 aliphatic carbocycles. The molecule has 0 unspecified atom stereocenters. The summed E-state index contributed by atoms with van der Waals surface area (Å²) in [6.45, 7) is 11.9. The third kappa shape index (κ3) is 5.43. The summed E-state index contributed by atoms with van der Waals surface area (Å²) < 4.78 is 5.69. The lowest BCUT2D eigenvalue weighted by Crippen LogP contribution is -2.51. The first-order valence-corrected chi connectivity index (χ1v) is 8.56. The number of nitrogens with one attached hydrogen (secondary N) is 1. The van der Waals surface area contributed by atoms with Gasteiger partial charge in [0.15, 0.2) is 0 Å². The van der Waals surface area contributed by atoms with E-state index in [1.807, 2.05) is 30.0 Å². The van der Waals surface area contributed by atoms with Crippen molar-refractivity contribution in [1.29, 1.82) is 0 Å². The van der Waals surface area contributed by atoms with E-state index in [9.17, 15) is 4.79 Å². The Balaban J connectivity index is 1.82. The normalized spacial score (nSPS) is 15.7. The van der Waals surface area contributed by atoms with Crippen LogP contribution in [0.3, 0.4) is 0 Å². The van der Waals surface area contributed by atoms with Crippen LogP contribution in [-0.2, 0) is 6.54 Å². The van der Waals surface area contributed by atoms with Crippen molar-refractivity contribution in [3.8, 4) is 5.75 Å². The van der Waals surface area contributed by atoms with E-state index in [-0.39, 0.29) is 6.03 Å². The number of carbonyl (C=O) groups excluding carboxylic acids is 1. The first-order valence-electron chi connectivity index (χ1n) is 8.56. The van der Waals surface area contributed by atoms with Gasteiger partial charge in [0.2, 0.25) is 0 Å². The Labute approximate surface area is 139 Å². The number of amides is 2. The van der Waals surface area contributed by atoms with Crippen LogP contribution in [0.1, 0.15) is 26.3 Å². The molecule has 23 heavy (non-hydrogen) atoms. The Bertz CT molecular complexity index is 497. The molecule has 0 atom stereocenters. The van der Waals surface area contributed by atoms with E-state index in [1.165, 1.54) is 5.56 Å². The van der Waals surface area contributed by atoms with Crippen LogP contribution in [-0.4, -0.2) is 55.2 Å². The molecule has 1 saturated heterocycles. The van der Waals surface area contributed by atoms with Gasteiger partial charge in [0.05, 0.1) is 6.61 Å². The van der Waals surface area contributed by atoms with Crippen LogP contribution in [0.5, 0.6) is 5.75 Å². The van der Waals surface area contributed by atoms with Crippen molar-refractivity contribution in [2.24, 2.45) is 5.92 Å². The number of hydrogen-bond donors (Lipinski definition) is 1. The number of rotatable bonds is 6. The van der Waals surface area contributed by atoms with Gasteiger partial charge >= 0.3 is 6.03 Å². The number of ether oxygens (including phenoxy) is 1. The molecule has 0 radical (unpaired) electrons. The molecule has 1 N–H and O–H groups in total. The highest BCUT2D eigenvalue weighted by Crippen LogP contribution is 2.20. The number of hydrogen-bond acceptors (Lipinski definition) is 3. The van der Waals surface area contributed by atoms with Gasteiger partial charge in [-0.1, -0.05) is 32.0 Å². The summed E-state index contributed by atoms with van der Waals surface area (Å²) in [6.07, 6.45) is 0. The molecule has 5 nitrogen and oxygen atoms in total. The third-order valence-electron chi connectivity index (χ3n) is 3.99. The highest BCUT2D eigenvalue weighted by atomic mass is 16.5. The molecular weight excluding hydrogens is 290 g/mol. The molecule has 2 rings (SSSR count). The zero-order valence-electron chi connectivity index (χ0n) is 14.5. The van der Waals surface area contributed by atoms with Crippen molar-refractivity contribution < 1.29 is 9.53 Å². The molecule has 0 bridgehead atoms. The quantitative estimate of drug-likeness (QED) is 0.876. The van der Waals surface area contributed by atoms with Crippen LogP contribution < -0.4 is 10.1 Å². The largest absolute Gasteiger partial charge is 0.494 e. The smallest absolute Gasteiger partial charge is 0.317 e. The Morgan fingerprint density at radius 3 is 2.57 bits per heavy atom. The maximum absolute atomic E-state index is 12.1. The molecule has 0 saturated carbocycles. The SMILES string of the molecule is CCOc1ccccc1CN1CCN(C(=O)NCC(C)C)CC1. The van der Waals surface area contributed by atoms with E-state index in [4.69, 9.17) is 4.74 Å². The van der Waals surface area contributed by atoms with Gasteiger partial charge in [-0.3, -0.25) is 4.90 Å². The maximum Gasteiger partial charge on any atom is 0.317 e. The average molecular weight is 319 g/mol. The molecule has 1 aromatic rings. The summed E-state index contributed by atoms with van der Waals surface area (Å²) in [5.74, 6) is 1.45. The van der Waals surface area contributed by atoms with E-state index in [2.05, 4.69) is 30.1 Å². The Morgan fingerprint density at radius 2 is 1.91 bits per heavy atom. The second kappa shape index (κ2) is 8.77. The molecule has 0 aromatic heterocycles. The molecule has 1 fully saturated rings. The summed E-state index contributed by atoms with van der Waals surface area (Å²) in [6, 6.07) is 8.26. The van der Waals surface area contributed by atoms with E-state index in [0.29, 0.717) is 12.5 Å². The zero-order chi connectivity index (χ0) is 16.7. The fourth-order valence-corrected chi connectivity index (χ4v) is 2.68. The third-order valence-corrected chi connectivity index (χ3v) is 3.99. The molecule has 1 aliphatic heterocycles. The van der Waals surface area contributed by atoms with E-state index in [0.717, 1.165) is 45.0 Å². The number of urea groups is 1. The minimum absolute atomic E-state index is 0.0630. The molecular formula is C18H29N3O2. The average Bonchev–Trinajstić information content (AvgIpc) is 2.55. The second-order valence-corrected chi connectivity index (χ2v) is 6.38. The molecule has 1 aliphatic rings. The summed E-state index contributed by atoms with van der Waals surface area (Å²) >= 11 is 0. The Hall–Kier alpha value is -1.75. The second-order valence-electron chi connectivity index (χ2n) is 6.38. The van der Waals surface area contributed by atoms with Gasteiger partial charge in [0.1, 0.15) is 5.75 Å². The van der Waals surface area contributed by atoms with Gasteiger partial charge in [0, 0.05) is 44.8 Å². The highest BCUT2D eigenvalue weighted by molar-refractivity contribution is 5.74. The first kappa shape index (κ1) is 17.6. The van der Waals surface area contributed by atoms with Crippen molar-refractivity contribution in [2.45, 2.75) is 27.3 Å². The van der Waals surface area contributed by atoms with Gasteiger partial charge in [-0.05, 0) is 18.9 Å². The number of piperazine rings is 1. The van der Waals surface area contributed by atoms with Gasteiger partial charge in [-0.25, -0.2) is 4.79 Å². The number of carbonyl (C=O) groups is 1. The fourth-order valence-electron chi connectivity index (χ4n) is 2.68. The molecule has 0 spiro atoms. The number of benzene rings is 1. The molecule has 5 heteroatoms. The van der Waals surface area contributed by atoms with E-state index < -0.39 is 0 Å². The van der Waals surface area contributed by atoms with E-state index >= 15 is 0 Å². The Morgan fingerprint density at radius 1 is 1.22 bits per heavy atom. The van der Waals surface area contributed by atoms with Crippen molar-refractivity contribution >= 4 is 6.03 Å². The minimum atomic E-state index is 0.0630. The monoisotopic (exact) mass is 319 g/mol. The highest BCUT2D eigenvalue weighted by Gasteiger charge is 2.21. The molecule has 128 valence electrons. The van der Waals surface area contributed by atoms with Crippen molar-refractivity contribution in [3.63, 3.8) is 0 Å². The zero-order valence-corrected chi connectivity index (χ0v) is 14.5. The summed E-state index contributed by atoms with van der Waals surface area (Å²) in [5.41, 5.74) is 1.21. The van der Waals surface area contributed by atoms with E-state index in [1.54, 1.807) is 0 Å². The van der Waals surface area contributed by atoms with Gasteiger partial charge in [0.25, 0.3) is 0 Å². The topological polar surface area (TPSA) is 44.8 Å². The van der Waals surface area contributed by atoms with Crippen LogP contribution in [0.2, 0.25) is 0 Å². The Kier molecular flexibility index (Phi) is 6.71. The van der Waals surface area contributed by atoms with Crippen molar-refractivity contribution in [1.82, 2.24) is 15.1 Å². The van der Waals surface area contributed by atoms with Crippen LogP contribution in [0.4, 0.5) is 4.79 Å². The van der Waals surface area contributed by atoms with Crippen LogP contribution in [0.15, 0.2) is 24.3 Å². The predicted molar refractivity (Wildman–Crippen MR) is 92.7 cm³/mol. The first-order chi connectivity index (χ1) is 11.1. The van der Waals surface area contributed by atoms with Crippen molar-refractivity contribution in [2.75, 3.05) is 39.3 Å². The summed E-state index contributed by atoms with van der Waals surface area (Å²) in [5, 5.41) is 2.99. The lowest BCUT2D eigenvalue weighted by atomic mass is 10.1. The summed E-state index contributed by atoms with van der Waals surface area (Å²) in [4.78, 5) is 16.4. The van der Waals surface area contributed by atoms with Gasteiger partial charge < -0.3 is 15.0 Å². The molecule has 2 amide bonds.